The third-order valence-corrected chi connectivity index (χ3v) is 5.22. The Labute approximate surface area is 188 Å². The molecule has 1 aromatic heterocycles. The van der Waals surface area contributed by atoms with E-state index >= 15 is 0 Å². The summed E-state index contributed by atoms with van der Waals surface area (Å²) in [6, 6.07) is 16.4. The Balaban J connectivity index is 0.00000160. The van der Waals surface area contributed by atoms with Crippen molar-refractivity contribution in [3.63, 3.8) is 0 Å². The third kappa shape index (κ3) is 5.48. The highest BCUT2D eigenvalue weighted by Gasteiger charge is 2.28. The predicted octanol–water partition coefficient (Wildman–Crippen LogP) is 4.74. The van der Waals surface area contributed by atoms with Crippen molar-refractivity contribution in [1.29, 1.82) is 0 Å². The molecule has 0 atom stereocenters. The van der Waals surface area contributed by atoms with Crippen LogP contribution in [0.4, 0.5) is 4.39 Å². The van der Waals surface area contributed by atoms with Crippen molar-refractivity contribution >= 4 is 41.6 Å². The molecule has 0 aliphatic heterocycles. The molecule has 160 valence electrons. The lowest BCUT2D eigenvalue weighted by molar-refractivity contribution is 0.0764. The van der Waals surface area contributed by atoms with Gasteiger partial charge in [0.15, 0.2) is 0 Å². The lowest BCUT2D eigenvalue weighted by Gasteiger charge is -2.23. The van der Waals surface area contributed by atoms with Crippen molar-refractivity contribution in [2.24, 2.45) is 5.73 Å². The average molecular weight is 450 g/mol. The van der Waals surface area contributed by atoms with Crippen LogP contribution < -0.4 is 5.73 Å². The Morgan fingerprint density at radius 1 is 1.07 bits per heavy atom. The summed E-state index contributed by atoms with van der Waals surface area (Å²) >= 11 is 0. The van der Waals surface area contributed by atoms with Crippen LogP contribution in [0.15, 0.2) is 54.6 Å². The number of hydrogen-bond donors (Lipinski definition) is 1. The number of hydrogen-bond acceptors (Lipinski definition) is 3. The molecular formula is C23H26Cl2FN3O. The molecule has 4 rings (SSSR count). The van der Waals surface area contributed by atoms with Gasteiger partial charge in [-0.15, -0.1) is 24.8 Å². The van der Waals surface area contributed by atoms with Crippen molar-refractivity contribution < 1.29 is 9.18 Å². The summed E-state index contributed by atoms with van der Waals surface area (Å²) < 4.78 is 13.9. The number of aromatic nitrogens is 1. The van der Waals surface area contributed by atoms with Crippen molar-refractivity contribution in [2.45, 2.75) is 25.2 Å². The first-order chi connectivity index (χ1) is 13.7. The van der Waals surface area contributed by atoms with Crippen LogP contribution in [0.1, 0.15) is 40.4 Å². The zero-order chi connectivity index (χ0) is 19.5. The Hall–Kier alpha value is -2.21. The second-order valence-corrected chi connectivity index (χ2v) is 7.35. The number of nitrogens with two attached hydrogens (primary N) is 1. The summed E-state index contributed by atoms with van der Waals surface area (Å²) in [5.41, 5.74) is 9.06. The third-order valence-electron chi connectivity index (χ3n) is 5.22. The molecule has 30 heavy (non-hydrogen) atoms. The van der Waals surface area contributed by atoms with Gasteiger partial charge in [0.25, 0.3) is 5.91 Å². The number of carbonyl (C=O) groups is 1. The monoisotopic (exact) mass is 449 g/mol. The van der Waals surface area contributed by atoms with Crippen LogP contribution in [0.25, 0.3) is 10.9 Å². The SMILES string of the molecule is Cl.Cl.NCCN(CCc1ccccc1)C(=O)c1cc(C2CC2)nc2ccc(F)cc12. The molecule has 2 aromatic carbocycles. The molecule has 1 aliphatic carbocycles. The Morgan fingerprint density at radius 2 is 1.80 bits per heavy atom. The van der Waals surface area contributed by atoms with Crippen molar-refractivity contribution in [3.05, 3.63) is 77.2 Å². The minimum atomic E-state index is -0.364. The van der Waals surface area contributed by atoms with Crippen molar-refractivity contribution in [2.75, 3.05) is 19.6 Å². The normalized spacial score (nSPS) is 12.7. The Kier molecular flexibility index (Phi) is 8.59. The van der Waals surface area contributed by atoms with Gasteiger partial charge in [-0.3, -0.25) is 9.78 Å². The fourth-order valence-electron chi connectivity index (χ4n) is 3.53. The van der Waals surface area contributed by atoms with Gasteiger partial charge in [0, 0.05) is 36.6 Å². The van der Waals surface area contributed by atoms with E-state index in [-0.39, 0.29) is 36.5 Å². The first kappa shape index (κ1) is 24.1. The number of carbonyl (C=O) groups excluding carboxylic acids is 1. The fraction of sp³-hybridized carbons (Fsp3) is 0.304. The minimum absolute atomic E-state index is 0. The average Bonchev–Trinajstić information content (AvgIpc) is 3.56. The summed E-state index contributed by atoms with van der Waals surface area (Å²) in [6.45, 7) is 1.41. The molecule has 1 aliphatic rings. The molecule has 0 saturated heterocycles. The smallest absolute Gasteiger partial charge is 0.254 e. The van der Waals surface area contributed by atoms with Crippen molar-refractivity contribution in [1.82, 2.24) is 9.88 Å². The lowest BCUT2D eigenvalue weighted by Crippen LogP contribution is -2.37. The first-order valence-electron chi connectivity index (χ1n) is 9.79. The molecule has 0 bridgehead atoms. The van der Waals surface area contributed by atoms with Crippen LogP contribution >= 0.6 is 24.8 Å². The first-order valence-corrected chi connectivity index (χ1v) is 9.79. The van der Waals surface area contributed by atoms with Gasteiger partial charge in [-0.05, 0) is 49.1 Å². The second-order valence-electron chi connectivity index (χ2n) is 7.35. The van der Waals surface area contributed by atoms with E-state index in [4.69, 9.17) is 5.73 Å². The van der Waals surface area contributed by atoms with Crippen LogP contribution in [0.2, 0.25) is 0 Å². The standard InChI is InChI=1S/C23H24FN3O.2ClH/c24-18-8-9-21-19(14-18)20(15-22(26-21)17-6-7-17)23(28)27(13-11-25)12-10-16-4-2-1-3-5-16;;/h1-5,8-9,14-15,17H,6-7,10-13,25H2;2*1H. The highest BCUT2D eigenvalue weighted by molar-refractivity contribution is 6.06. The largest absolute Gasteiger partial charge is 0.337 e. The maximum absolute atomic E-state index is 13.9. The fourth-order valence-corrected chi connectivity index (χ4v) is 3.53. The van der Waals surface area contributed by atoms with Crippen molar-refractivity contribution in [3.8, 4) is 0 Å². The highest BCUT2D eigenvalue weighted by Crippen LogP contribution is 2.40. The van der Waals surface area contributed by atoms with E-state index in [1.54, 1.807) is 11.0 Å². The van der Waals surface area contributed by atoms with E-state index in [2.05, 4.69) is 4.98 Å². The number of amides is 1. The second kappa shape index (κ2) is 10.7. The maximum Gasteiger partial charge on any atom is 0.254 e. The van der Waals surface area contributed by atoms with Gasteiger partial charge in [-0.1, -0.05) is 30.3 Å². The Bertz CT molecular complexity index is 996. The van der Waals surface area contributed by atoms with Gasteiger partial charge in [-0.2, -0.15) is 0 Å². The number of fused-ring (bicyclic) bond motifs is 1. The summed E-state index contributed by atoms with van der Waals surface area (Å²) in [4.78, 5) is 19.8. The molecule has 0 unspecified atom stereocenters. The van der Waals surface area contributed by atoms with E-state index in [0.717, 1.165) is 25.0 Å². The van der Waals surface area contributed by atoms with E-state index in [9.17, 15) is 9.18 Å². The molecule has 0 spiro atoms. The molecule has 3 aromatic rings. The summed E-state index contributed by atoms with van der Waals surface area (Å²) in [5.74, 6) is -0.0632. The van der Waals surface area contributed by atoms with Crippen LogP contribution in [0, 0.1) is 5.82 Å². The topological polar surface area (TPSA) is 59.2 Å². The number of pyridine rings is 1. The van der Waals surface area contributed by atoms with Crippen LogP contribution in [-0.4, -0.2) is 35.4 Å². The molecule has 1 amide bonds. The summed E-state index contributed by atoms with van der Waals surface area (Å²) in [5, 5.41) is 0.566. The number of benzene rings is 2. The molecule has 7 heteroatoms. The molecule has 1 fully saturated rings. The molecule has 1 saturated carbocycles. The van der Waals surface area contributed by atoms with Crippen LogP contribution in [-0.2, 0) is 6.42 Å². The summed E-state index contributed by atoms with van der Waals surface area (Å²) in [7, 11) is 0. The van der Waals surface area contributed by atoms with E-state index < -0.39 is 0 Å². The number of halogens is 3. The predicted molar refractivity (Wildman–Crippen MR) is 123 cm³/mol. The van der Waals surface area contributed by atoms with Crippen LogP contribution in [0.5, 0.6) is 0 Å². The van der Waals surface area contributed by atoms with E-state index in [1.165, 1.54) is 17.7 Å². The molecule has 0 radical (unpaired) electrons. The maximum atomic E-state index is 13.9. The summed E-state index contributed by atoms with van der Waals surface area (Å²) in [6.07, 6.45) is 2.93. The van der Waals surface area contributed by atoms with E-state index in [1.807, 2.05) is 36.4 Å². The number of nitrogens with zero attached hydrogens (tertiary/aromatic N) is 2. The molecular weight excluding hydrogens is 424 g/mol. The molecule has 4 nitrogen and oxygen atoms in total. The zero-order valence-corrected chi connectivity index (χ0v) is 18.2. The van der Waals surface area contributed by atoms with Gasteiger partial charge in [0.2, 0.25) is 0 Å². The zero-order valence-electron chi connectivity index (χ0n) is 16.6. The molecule has 1 heterocycles. The minimum Gasteiger partial charge on any atom is -0.337 e. The lowest BCUT2D eigenvalue weighted by atomic mass is 10.0. The Morgan fingerprint density at radius 3 is 2.47 bits per heavy atom. The van der Waals surface area contributed by atoms with Gasteiger partial charge in [0.05, 0.1) is 11.1 Å². The van der Waals surface area contributed by atoms with Gasteiger partial charge >= 0.3 is 0 Å². The van der Waals surface area contributed by atoms with E-state index in [0.29, 0.717) is 42.0 Å². The van der Waals surface area contributed by atoms with Gasteiger partial charge < -0.3 is 10.6 Å². The van der Waals surface area contributed by atoms with Gasteiger partial charge in [0.1, 0.15) is 5.82 Å². The quantitative estimate of drug-likeness (QED) is 0.566. The number of rotatable bonds is 7. The molecule has 2 N–H and O–H groups in total. The van der Waals surface area contributed by atoms with Gasteiger partial charge in [-0.25, -0.2) is 4.39 Å². The highest BCUT2D eigenvalue weighted by atomic mass is 35.5. The van der Waals surface area contributed by atoms with Crippen LogP contribution in [0.3, 0.4) is 0 Å².